The lowest BCUT2D eigenvalue weighted by Gasteiger charge is -1.95. The van der Waals surface area contributed by atoms with Crippen LogP contribution in [0, 0.1) is 0 Å². The summed E-state index contributed by atoms with van der Waals surface area (Å²) in [6.45, 7) is 5.73. The molecule has 0 aromatic rings. The minimum absolute atomic E-state index is 0.896. The Bertz CT molecular complexity index is 236. The van der Waals surface area contributed by atoms with Crippen molar-refractivity contribution >= 4 is 18.3 Å². The molecule has 0 aliphatic heterocycles. The fraction of sp³-hybridized carbons (Fsp3) is 0.364. The van der Waals surface area contributed by atoms with Crippen LogP contribution in [0.3, 0.4) is 0 Å². The molecule has 0 unspecified atom stereocenters. The maximum Gasteiger partial charge on any atom is 0.0345 e. The molecule has 0 aromatic carbocycles. The van der Waals surface area contributed by atoms with Crippen LogP contribution in [-0.4, -0.2) is 12.8 Å². The molecule has 0 amide bonds. The van der Waals surface area contributed by atoms with Crippen LogP contribution in [0.25, 0.3) is 0 Å². The number of thiol groups is 1. The molecule has 13 heavy (non-hydrogen) atoms. The summed E-state index contributed by atoms with van der Waals surface area (Å²) in [7, 11) is 1.81. The average molecular weight is 195 g/mol. The summed E-state index contributed by atoms with van der Waals surface area (Å²) < 4.78 is 0. The molecule has 0 aromatic heterocycles. The largest absolute Gasteiger partial charge is 0.293 e. The number of hydrogen-bond donors (Lipinski definition) is 1. The highest BCUT2D eigenvalue weighted by Gasteiger charge is 1.89. The Kier molecular flexibility index (Phi) is 7.41. The van der Waals surface area contributed by atoms with Crippen molar-refractivity contribution < 1.29 is 0 Å². The first kappa shape index (κ1) is 12.2. The molecule has 0 rings (SSSR count). The standard InChI is InChI=1S/C11H17NS/c1-4-6-10(12-3)8-9-11(13)7-5-2/h5,7-9,13H,2,4,6H2,1,3H3/b9-8+,11-7-,12-10?. The van der Waals surface area contributed by atoms with E-state index in [-0.39, 0.29) is 0 Å². The molecule has 0 atom stereocenters. The van der Waals surface area contributed by atoms with E-state index in [4.69, 9.17) is 0 Å². The Morgan fingerprint density at radius 2 is 2.15 bits per heavy atom. The van der Waals surface area contributed by atoms with Crippen LogP contribution in [0.4, 0.5) is 0 Å². The monoisotopic (exact) mass is 195 g/mol. The van der Waals surface area contributed by atoms with Crippen molar-refractivity contribution in [2.45, 2.75) is 19.8 Å². The van der Waals surface area contributed by atoms with Gasteiger partial charge in [-0.25, -0.2) is 0 Å². The van der Waals surface area contributed by atoms with Crippen molar-refractivity contribution in [1.82, 2.24) is 0 Å². The molecule has 0 saturated heterocycles. The van der Waals surface area contributed by atoms with Crippen molar-refractivity contribution in [3.8, 4) is 0 Å². The van der Waals surface area contributed by atoms with Gasteiger partial charge in [-0.2, -0.15) is 0 Å². The zero-order valence-electron chi connectivity index (χ0n) is 8.33. The highest BCUT2D eigenvalue weighted by Crippen LogP contribution is 2.03. The van der Waals surface area contributed by atoms with E-state index in [2.05, 4.69) is 31.1 Å². The average Bonchev–Trinajstić information content (AvgIpc) is 2.12. The maximum atomic E-state index is 4.24. The van der Waals surface area contributed by atoms with E-state index in [9.17, 15) is 0 Å². The predicted octanol–water partition coefficient (Wildman–Crippen LogP) is 3.41. The Labute approximate surface area is 86.4 Å². The van der Waals surface area contributed by atoms with Crippen LogP contribution in [0.15, 0.2) is 40.8 Å². The molecule has 0 aliphatic carbocycles. The minimum Gasteiger partial charge on any atom is -0.293 e. The highest BCUT2D eigenvalue weighted by molar-refractivity contribution is 7.84. The summed E-state index contributed by atoms with van der Waals surface area (Å²) in [5.74, 6) is 0. The van der Waals surface area contributed by atoms with E-state index < -0.39 is 0 Å². The summed E-state index contributed by atoms with van der Waals surface area (Å²) >= 11 is 4.24. The first-order valence-electron chi connectivity index (χ1n) is 4.40. The Hall–Kier alpha value is -0.760. The second-order valence-corrected chi connectivity index (χ2v) is 3.14. The van der Waals surface area contributed by atoms with Gasteiger partial charge in [-0.3, -0.25) is 4.99 Å². The van der Waals surface area contributed by atoms with E-state index >= 15 is 0 Å². The van der Waals surface area contributed by atoms with Gasteiger partial charge in [-0.05, 0) is 24.6 Å². The lowest BCUT2D eigenvalue weighted by molar-refractivity contribution is 0.993. The number of nitrogens with zero attached hydrogens (tertiary/aromatic N) is 1. The third-order valence-electron chi connectivity index (χ3n) is 1.53. The summed E-state index contributed by atoms with van der Waals surface area (Å²) in [4.78, 5) is 5.05. The van der Waals surface area contributed by atoms with E-state index in [1.807, 2.05) is 25.3 Å². The molecule has 0 heterocycles. The lowest BCUT2D eigenvalue weighted by Crippen LogP contribution is -1.91. The van der Waals surface area contributed by atoms with Gasteiger partial charge >= 0.3 is 0 Å². The summed E-state index contributed by atoms with van der Waals surface area (Å²) in [6, 6.07) is 0. The van der Waals surface area contributed by atoms with Crippen molar-refractivity contribution in [3.63, 3.8) is 0 Å². The van der Waals surface area contributed by atoms with Gasteiger partial charge in [-0.1, -0.05) is 26.0 Å². The van der Waals surface area contributed by atoms with Gasteiger partial charge in [0, 0.05) is 17.7 Å². The smallest absolute Gasteiger partial charge is 0.0345 e. The van der Waals surface area contributed by atoms with Crippen LogP contribution >= 0.6 is 12.6 Å². The van der Waals surface area contributed by atoms with Crippen LogP contribution in [-0.2, 0) is 0 Å². The molecule has 0 spiro atoms. The van der Waals surface area contributed by atoms with Crippen molar-refractivity contribution in [1.29, 1.82) is 0 Å². The molecule has 0 bridgehead atoms. The zero-order chi connectivity index (χ0) is 10.1. The molecular weight excluding hydrogens is 178 g/mol. The normalized spacial score (nSPS) is 13.8. The number of rotatable bonds is 5. The molecule has 1 nitrogen and oxygen atoms in total. The van der Waals surface area contributed by atoms with Crippen LogP contribution in [0.5, 0.6) is 0 Å². The van der Waals surface area contributed by atoms with Gasteiger partial charge in [0.05, 0.1) is 0 Å². The second kappa shape index (κ2) is 7.87. The van der Waals surface area contributed by atoms with Gasteiger partial charge < -0.3 is 0 Å². The Morgan fingerprint density at radius 3 is 2.62 bits per heavy atom. The maximum absolute atomic E-state index is 4.24. The van der Waals surface area contributed by atoms with E-state index in [1.54, 1.807) is 6.08 Å². The fourth-order valence-electron chi connectivity index (χ4n) is 0.884. The predicted molar refractivity (Wildman–Crippen MR) is 64.7 cm³/mol. The second-order valence-electron chi connectivity index (χ2n) is 2.63. The number of allylic oxidation sites excluding steroid dienone is 4. The van der Waals surface area contributed by atoms with E-state index in [0.29, 0.717) is 0 Å². The molecule has 0 aliphatic rings. The quantitative estimate of drug-likeness (QED) is 0.392. The van der Waals surface area contributed by atoms with E-state index in [0.717, 1.165) is 23.5 Å². The highest BCUT2D eigenvalue weighted by atomic mass is 32.1. The first-order chi connectivity index (χ1) is 6.24. The molecule has 0 saturated carbocycles. The zero-order valence-corrected chi connectivity index (χ0v) is 9.22. The third kappa shape index (κ3) is 6.41. The van der Waals surface area contributed by atoms with Crippen LogP contribution in [0.2, 0.25) is 0 Å². The van der Waals surface area contributed by atoms with Gasteiger partial charge in [0.25, 0.3) is 0 Å². The summed E-state index contributed by atoms with van der Waals surface area (Å²) in [5, 5.41) is 0. The van der Waals surface area contributed by atoms with Gasteiger partial charge in [-0.15, -0.1) is 12.6 Å². The van der Waals surface area contributed by atoms with Gasteiger partial charge in [0.1, 0.15) is 0 Å². The van der Waals surface area contributed by atoms with Crippen LogP contribution in [0.1, 0.15) is 19.8 Å². The van der Waals surface area contributed by atoms with Gasteiger partial charge in [0.15, 0.2) is 0 Å². The molecule has 0 N–H and O–H groups in total. The van der Waals surface area contributed by atoms with Crippen LogP contribution < -0.4 is 0 Å². The Morgan fingerprint density at radius 1 is 1.46 bits per heavy atom. The van der Waals surface area contributed by atoms with Gasteiger partial charge in [0.2, 0.25) is 0 Å². The fourth-order valence-corrected chi connectivity index (χ4v) is 1.06. The van der Waals surface area contributed by atoms with Crippen molar-refractivity contribution in [2.75, 3.05) is 7.05 Å². The molecule has 2 heteroatoms. The third-order valence-corrected chi connectivity index (χ3v) is 1.83. The molecule has 72 valence electrons. The first-order valence-corrected chi connectivity index (χ1v) is 4.84. The minimum atomic E-state index is 0.896. The SMILES string of the molecule is C=C/C=C(S)/C=C/C(CCC)=NC. The lowest BCUT2D eigenvalue weighted by atomic mass is 10.2. The number of aliphatic imine (C=N–C) groups is 1. The number of hydrogen-bond acceptors (Lipinski definition) is 2. The van der Waals surface area contributed by atoms with Crippen molar-refractivity contribution in [2.24, 2.45) is 4.99 Å². The molecular formula is C11H17NS. The van der Waals surface area contributed by atoms with E-state index in [1.165, 1.54) is 0 Å². The molecule has 0 radical (unpaired) electrons. The van der Waals surface area contributed by atoms with Crippen molar-refractivity contribution in [3.05, 3.63) is 35.8 Å². The Balaban J connectivity index is 4.23. The summed E-state index contributed by atoms with van der Waals surface area (Å²) in [6.07, 6.45) is 9.62. The topological polar surface area (TPSA) is 12.4 Å². The summed E-state index contributed by atoms with van der Waals surface area (Å²) in [5.41, 5.74) is 1.10. The molecule has 0 fully saturated rings.